The molecule has 1 aliphatic heterocycles. The van der Waals surface area contributed by atoms with E-state index in [4.69, 9.17) is 4.74 Å². The van der Waals surface area contributed by atoms with Gasteiger partial charge in [-0.05, 0) is 55.7 Å². The molecule has 1 aliphatic carbocycles. The van der Waals surface area contributed by atoms with E-state index < -0.39 is 0 Å². The normalized spacial score (nSPS) is 16.3. The van der Waals surface area contributed by atoms with Gasteiger partial charge in [0, 0.05) is 37.2 Å². The Bertz CT molecular complexity index is 872. The van der Waals surface area contributed by atoms with Gasteiger partial charge in [-0.2, -0.15) is 0 Å². The third-order valence-electron chi connectivity index (χ3n) is 5.28. The first-order valence-corrected chi connectivity index (χ1v) is 9.79. The standard InChI is InChI=1S/C21H25N3O3/c25-19-12-18(27-14-16-5-6-16)20(17-4-2-1-3-11-24(17)19)21(26)23-13-15-7-9-22-10-8-15/h7-10,12,16H,1-6,11,13-14H2,(H,23,26). The van der Waals surface area contributed by atoms with Gasteiger partial charge in [0.1, 0.15) is 11.3 Å². The molecule has 1 N–H and O–H groups in total. The molecule has 0 saturated heterocycles. The van der Waals surface area contributed by atoms with Gasteiger partial charge in [-0.25, -0.2) is 0 Å². The summed E-state index contributed by atoms with van der Waals surface area (Å²) >= 11 is 0. The highest BCUT2D eigenvalue weighted by Crippen LogP contribution is 2.31. The van der Waals surface area contributed by atoms with Gasteiger partial charge in [0.15, 0.2) is 0 Å². The molecule has 0 atom stereocenters. The Kier molecular flexibility index (Phi) is 5.23. The molecular formula is C21H25N3O3. The Hall–Kier alpha value is -2.63. The summed E-state index contributed by atoms with van der Waals surface area (Å²) in [6.45, 7) is 1.66. The number of amides is 1. The molecule has 2 aliphatic rings. The van der Waals surface area contributed by atoms with E-state index in [1.165, 1.54) is 6.07 Å². The third kappa shape index (κ3) is 4.21. The summed E-state index contributed by atoms with van der Waals surface area (Å²) in [5, 5.41) is 2.99. The Morgan fingerprint density at radius 3 is 2.81 bits per heavy atom. The molecule has 1 fully saturated rings. The highest BCUT2D eigenvalue weighted by atomic mass is 16.5. The first-order valence-electron chi connectivity index (χ1n) is 9.79. The fourth-order valence-corrected chi connectivity index (χ4v) is 3.54. The number of nitrogens with one attached hydrogen (secondary N) is 1. The minimum atomic E-state index is -0.178. The lowest BCUT2D eigenvalue weighted by Crippen LogP contribution is -2.31. The van der Waals surface area contributed by atoms with Crippen molar-refractivity contribution in [3.8, 4) is 5.75 Å². The number of fused-ring (bicyclic) bond motifs is 1. The summed E-state index contributed by atoms with van der Waals surface area (Å²) in [5.74, 6) is 0.815. The first-order chi connectivity index (χ1) is 13.2. The molecule has 0 aromatic carbocycles. The molecule has 3 heterocycles. The van der Waals surface area contributed by atoms with Gasteiger partial charge in [0.2, 0.25) is 0 Å². The molecule has 0 bridgehead atoms. The summed E-state index contributed by atoms with van der Waals surface area (Å²) in [6.07, 6.45) is 9.48. The van der Waals surface area contributed by atoms with Gasteiger partial charge in [-0.1, -0.05) is 6.42 Å². The number of ether oxygens (including phenoxy) is 1. The molecule has 27 heavy (non-hydrogen) atoms. The summed E-state index contributed by atoms with van der Waals surface area (Å²) in [4.78, 5) is 29.7. The maximum absolute atomic E-state index is 13.1. The van der Waals surface area contributed by atoms with Crippen molar-refractivity contribution in [2.45, 2.75) is 51.6 Å². The maximum atomic E-state index is 13.1. The minimum absolute atomic E-state index is 0.0663. The molecule has 0 spiro atoms. The molecule has 1 amide bonds. The van der Waals surface area contributed by atoms with Crippen molar-refractivity contribution in [1.82, 2.24) is 14.9 Å². The van der Waals surface area contributed by atoms with Crippen LogP contribution in [0.1, 0.15) is 53.7 Å². The average molecular weight is 367 g/mol. The number of hydrogen-bond donors (Lipinski definition) is 1. The minimum Gasteiger partial charge on any atom is -0.492 e. The van der Waals surface area contributed by atoms with Crippen molar-refractivity contribution in [3.05, 3.63) is 57.8 Å². The number of carbonyl (C=O) groups excluding carboxylic acids is 1. The van der Waals surface area contributed by atoms with Gasteiger partial charge in [0.05, 0.1) is 6.61 Å². The summed E-state index contributed by atoms with van der Waals surface area (Å²) in [6, 6.07) is 5.25. The van der Waals surface area contributed by atoms with Crippen LogP contribution < -0.4 is 15.6 Å². The van der Waals surface area contributed by atoms with Crippen LogP contribution in [0.15, 0.2) is 35.4 Å². The van der Waals surface area contributed by atoms with Gasteiger partial charge in [0.25, 0.3) is 11.5 Å². The Morgan fingerprint density at radius 1 is 1.22 bits per heavy atom. The van der Waals surface area contributed by atoms with Gasteiger partial charge >= 0.3 is 0 Å². The summed E-state index contributed by atoms with van der Waals surface area (Å²) in [5.41, 5.74) is 2.27. The number of pyridine rings is 2. The van der Waals surface area contributed by atoms with Crippen LogP contribution in [0.2, 0.25) is 0 Å². The van der Waals surface area contributed by atoms with Crippen molar-refractivity contribution < 1.29 is 9.53 Å². The molecule has 0 radical (unpaired) electrons. The van der Waals surface area contributed by atoms with E-state index in [-0.39, 0.29) is 11.5 Å². The average Bonchev–Trinajstić information content (AvgIpc) is 3.52. The van der Waals surface area contributed by atoms with Gasteiger partial charge < -0.3 is 14.6 Å². The number of aromatic nitrogens is 2. The topological polar surface area (TPSA) is 73.2 Å². The van der Waals surface area contributed by atoms with Crippen LogP contribution in [-0.2, 0) is 19.5 Å². The largest absolute Gasteiger partial charge is 0.492 e. The SMILES string of the molecule is O=C(NCc1ccncc1)c1c(OCC2CC2)cc(=O)n2c1CCCCC2. The molecule has 0 unspecified atom stereocenters. The lowest BCUT2D eigenvalue weighted by atomic mass is 10.1. The molecular weight excluding hydrogens is 342 g/mol. The van der Waals surface area contributed by atoms with E-state index >= 15 is 0 Å². The predicted molar refractivity (Wildman–Crippen MR) is 102 cm³/mol. The van der Waals surface area contributed by atoms with Crippen LogP contribution in [0.4, 0.5) is 0 Å². The number of rotatable bonds is 6. The van der Waals surface area contributed by atoms with E-state index in [2.05, 4.69) is 10.3 Å². The van der Waals surface area contributed by atoms with Crippen molar-refractivity contribution in [2.24, 2.45) is 5.92 Å². The van der Waals surface area contributed by atoms with Crippen molar-refractivity contribution >= 4 is 5.91 Å². The van der Waals surface area contributed by atoms with Gasteiger partial charge in [-0.3, -0.25) is 14.6 Å². The maximum Gasteiger partial charge on any atom is 0.257 e. The van der Waals surface area contributed by atoms with E-state index in [1.54, 1.807) is 17.0 Å². The second kappa shape index (κ2) is 7.94. The molecule has 6 nitrogen and oxygen atoms in total. The highest BCUT2D eigenvalue weighted by Gasteiger charge is 2.26. The lowest BCUT2D eigenvalue weighted by Gasteiger charge is -2.18. The Labute approximate surface area is 158 Å². The monoisotopic (exact) mass is 367 g/mol. The smallest absolute Gasteiger partial charge is 0.257 e. The fourth-order valence-electron chi connectivity index (χ4n) is 3.54. The van der Waals surface area contributed by atoms with Crippen molar-refractivity contribution in [3.63, 3.8) is 0 Å². The summed E-state index contributed by atoms with van der Waals surface area (Å²) < 4.78 is 7.70. The van der Waals surface area contributed by atoms with Crippen molar-refractivity contribution in [1.29, 1.82) is 0 Å². The van der Waals surface area contributed by atoms with E-state index in [1.807, 2.05) is 12.1 Å². The molecule has 2 aromatic rings. The number of hydrogen-bond acceptors (Lipinski definition) is 4. The van der Waals surface area contributed by atoms with Crippen LogP contribution in [0.3, 0.4) is 0 Å². The quantitative estimate of drug-likeness (QED) is 0.852. The Balaban J connectivity index is 1.64. The highest BCUT2D eigenvalue weighted by molar-refractivity contribution is 5.98. The number of carbonyl (C=O) groups is 1. The zero-order chi connectivity index (χ0) is 18.6. The second-order valence-electron chi connectivity index (χ2n) is 7.42. The van der Waals surface area contributed by atoms with Crippen molar-refractivity contribution in [2.75, 3.05) is 6.61 Å². The summed E-state index contributed by atoms with van der Waals surface area (Å²) in [7, 11) is 0. The molecule has 1 saturated carbocycles. The van der Waals surface area contributed by atoms with E-state index in [9.17, 15) is 9.59 Å². The van der Waals surface area contributed by atoms with Crippen LogP contribution in [-0.4, -0.2) is 22.1 Å². The molecule has 142 valence electrons. The van der Waals surface area contributed by atoms with Crippen LogP contribution in [0.25, 0.3) is 0 Å². The van der Waals surface area contributed by atoms with Gasteiger partial charge in [-0.15, -0.1) is 0 Å². The van der Waals surface area contributed by atoms with Crippen LogP contribution in [0, 0.1) is 5.92 Å². The predicted octanol–water partition coefficient (Wildman–Crippen LogP) is 2.69. The molecule has 2 aromatic heterocycles. The van der Waals surface area contributed by atoms with E-state index in [0.717, 1.165) is 49.8 Å². The first kappa shape index (κ1) is 17.8. The fraction of sp³-hybridized carbons (Fsp3) is 0.476. The number of nitrogens with zero attached hydrogens (tertiary/aromatic N) is 2. The second-order valence-corrected chi connectivity index (χ2v) is 7.42. The van der Waals surface area contributed by atoms with Crippen LogP contribution >= 0.6 is 0 Å². The third-order valence-corrected chi connectivity index (χ3v) is 5.28. The van der Waals surface area contributed by atoms with E-state index in [0.29, 0.717) is 36.9 Å². The zero-order valence-electron chi connectivity index (χ0n) is 15.4. The van der Waals surface area contributed by atoms with Crippen LogP contribution in [0.5, 0.6) is 5.75 Å². The lowest BCUT2D eigenvalue weighted by molar-refractivity contribution is 0.0944. The molecule has 6 heteroatoms. The zero-order valence-corrected chi connectivity index (χ0v) is 15.4. The molecule has 4 rings (SSSR count). The Morgan fingerprint density at radius 2 is 2.04 bits per heavy atom.